The van der Waals surface area contributed by atoms with Crippen LogP contribution in [0.1, 0.15) is 77.1 Å². The third kappa shape index (κ3) is 9.88. The number of likely N-dealkylation sites (tertiary alicyclic amines) is 1. The highest BCUT2D eigenvalue weighted by Gasteiger charge is 2.42. The van der Waals surface area contributed by atoms with Crippen LogP contribution in [0.3, 0.4) is 0 Å². The number of likely N-dealkylation sites (N-methyl/N-ethyl adjacent to an activating group) is 2. The van der Waals surface area contributed by atoms with Crippen LogP contribution in [0, 0.1) is 11.3 Å². The van der Waals surface area contributed by atoms with Crippen LogP contribution in [-0.4, -0.2) is 135 Å². The average Bonchev–Trinajstić information content (AvgIpc) is 4.02. The van der Waals surface area contributed by atoms with Crippen LogP contribution < -0.4 is 10.7 Å². The van der Waals surface area contributed by atoms with Gasteiger partial charge >= 0.3 is 12.0 Å². The van der Waals surface area contributed by atoms with E-state index in [1.54, 1.807) is 37.2 Å². The smallest absolute Gasteiger partial charge is 0.324 e. The van der Waals surface area contributed by atoms with Crippen molar-refractivity contribution in [2.24, 2.45) is 11.3 Å². The van der Waals surface area contributed by atoms with Crippen LogP contribution >= 0.6 is 11.3 Å². The number of amides is 5. The molecule has 17 heteroatoms. The number of nitrogens with one attached hydrogen (secondary N) is 2. The summed E-state index contributed by atoms with van der Waals surface area (Å²) in [6.45, 7) is 17.3. The largest absolute Gasteiger partial charge is 0.464 e. The van der Waals surface area contributed by atoms with Gasteiger partial charge in [-0.05, 0) is 81.4 Å². The van der Waals surface area contributed by atoms with E-state index in [1.165, 1.54) is 27.3 Å². The Morgan fingerprint density at radius 2 is 1.95 bits per heavy atom. The van der Waals surface area contributed by atoms with E-state index < -0.39 is 41.3 Å². The number of thiazole rings is 1. The summed E-state index contributed by atoms with van der Waals surface area (Å²) in [4.78, 5) is 84.2. The molecule has 3 aliphatic heterocycles. The molecule has 0 saturated carbocycles. The van der Waals surface area contributed by atoms with Gasteiger partial charge in [0, 0.05) is 92.3 Å². The van der Waals surface area contributed by atoms with E-state index in [2.05, 4.69) is 66.9 Å². The van der Waals surface area contributed by atoms with Crippen molar-refractivity contribution in [3.63, 3.8) is 0 Å². The Bertz CT molecular complexity index is 2480. The van der Waals surface area contributed by atoms with Crippen LogP contribution in [0.4, 0.5) is 4.79 Å². The zero-order valence-electron chi connectivity index (χ0n) is 39.8. The van der Waals surface area contributed by atoms with Gasteiger partial charge in [0.25, 0.3) is 5.91 Å². The van der Waals surface area contributed by atoms with Crippen molar-refractivity contribution in [2.45, 2.75) is 117 Å². The predicted molar refractivity (Wildman–Crippen MR) is 254 cm³/mol. The first-order valence-electron chi connectivity index (χ1n) is 23.0. The molecule has 6 heterocycles. The fourth-order valence-corrected chi connectivity index (χ4v) is 10.6. The summed E-state index contributed by atoms with van der Waals surface area (Å²) in [7, 11) is 4.96. The number of aryl methyl sites for hydroxylation is 1. The van der Waals surface area contributed by atoms with Crippen molar-refractivity contribution in [1.29, 1.82) is 0 Å². The third-order valence-electron chi connectivity index (χ3n) is 13.2. The second-order valence-electron chi connectivity index (χ2n) is 19.0. The average molecular weight is 924 g/mol. The first kappa shape index (κ1) is 48.3. The van der Waals surface area contributed by atoms with Gasteiger partial charge in [-0.3, -0.25) is 29.2 Å². The maximum atomic E-state index is 14.7. The lowest BCUT2D eigenvalue weighted by atomic mass is 9.84. The molecule has 7 rings (SSSR count). The highest BCUT2D eigenvalue weighted by Crippen LogP contribution is 2.41. The zero-order valence-corrected chi connectivity index (χ0v) is 40.6. The molecule has 16 nitrogen and oxygen atoms in total. The van der Waals surface area contributed by atoms with Crippen molar-refractivity contribution in [3.05, 3.63) is 70.8 Å². The summed E-state index contributed by atoms with van der Waals surface area (Å²) in [6, 6.07) is 6.82. The molecule has 3 aromatic heterocycles. The molecule has 354 valence electrons. The molecule has 0 spiro atoms. The summed E-state index contributed by atoms with van der Waals surface area (Å²) in [5.41, 5.74) is 9.26. The van der Waals surface area contributed by atoms with Gasteiger partial charge in [0.05, 0.1) is 41.3 Å². The predicted octanol–water partition coefficient (Wildman–Crippen LogP) is 5.83. The molecule has 66 heavy (non-hydrogen) atoms. The topological polar surface area (TPSA) is 172 Å². The number of carbonyl (C=O) groups excluding carboxylic acids is 5. The number of urea groups is 1. The van der Waals surface area contributed by atoms with Gasteiger partial charge in [0.15, 0.2) is 0 Å². The normalized spacial score (nSPS) is 21.6. The highest BCUT2D eigenvalue weighted by molar-refractivity contribution is 7.10. The Labute approximate surface area is 391 Å². The summed E-state index contributed by atoms with van der Waals surface area (Å²) in [5, 5.41) is 8.10. The number of nitrogens with zero attached hydrogens (tertiary/aromatic N) is 7. The molecule has 0 radical (unpaired) electrons. The summed E-state index contributed by atoms with van der Waals surface area (Å²) < 4.78 is 14.0. The van der Waals surface area contributed by atoms with E-state index >= 15 is 0 Å². The maximum Gasteiger partial charge on any atom is 0.324 e. The molecule has 6 bridgehead atoms. The molecule has 1 unspecified atom stereocenters. The van der Waals surface area contributed by atoms with E-state index in [0.29, 0.717) is 56.9 Å². The van der Waals surface area contributed by atoms with Gasteiger partial charge in [-0.15, -0.1) is 11.3 Å². The number of hydrogen-bond acceptors (Lipinski definition) is 11. The lowest BCUT2D eigenvalue weighted by Gasteiger charge is -2.37. The van der Waals surface area contributed by atoms with E-state index in [1.807, 2.05) is 32.2 Å². The summed E-state index contributed by atoms with van der Waals surface area (Å²) in [6.07, 6.45) is 5.27. The van der Waals surface area contributed by atoms with Gasteiger partial charge in [-0.1, -0.05) is 40.3 Å². The lowest BCUT2D eigenvalue weighted by molar-refractivity contribution is -0.155. The number of benzene rings is 1. The second-order valence-corrected chi connectivity index (χ2v) is 20.0. The second kappa shape index (κ2) is 20.1. The maximum absolute atomic E-state index is 14.7. The lowest BCUT2D eigenvalue weighted by Crippen LogP contribution is -2.62. The number of esters is 1. The minimum absolute atomic E-state index is 0.0703. The van der Waals surface area contributed by atoms with Crippen molar-refractivity contribution in [2.75, 3.05) is 40.9 Å². The van der Waals surface area contributed by atoms with E-state index in [0.717, 1.165) is 44.7 Å². The molecule has 5 amide bonds. The molecule has 3 aliphatic rings. The van der Waals surface area contributed by atoms with Crippen LogP contribution in [0.25, 0.3) is 33.4 Å². The van der Waals surface area contributed by atoms with Gasteiger partial charge < -0.3 is 34.1 Å². The fraction of sp³-hybridized carbons (Fsp3) is 0.531. The van der Waals surface area contributed by atoms with Gasteiger partial charge in [-0.2, -0.15) is 0 Å². The monoisotopic (exact) mass is 923 g/mol. The minimum atomic E-state index is -1.09. The molecule has 1 aromatic carbocycles. The minimum Gasteiger partial charge on any atom is -0.464 e. The van der Waals surface area contributed by atoms with Crippen LogP contribution in [0.15, 0.2) is 54.6 Å². The number of rotatable bonds is 10. The Morgan fingerprint density at radius 3 is 2.67 bits per heavy atom. The van der Waals surface area contributed by atoms with Crippen LogP contribution in [0.5, 0.6) is 0 Å². The molecule has 2 saturated heterocycles. The molecule has 4 aromatic rings. The van der Waals surface area contributed by atoms with Crippen molar-refractivity contribution in [3.8, 4) is 22.5 Å². The van der Waals surface area contributed by atoms with E-state index in [-0.39, 0.29) is 43.0 Å². The molecule has 2 N–H and O–H groups in total. The Hall–Kier alpha value is -5.65. The first-order valence-corrected chi connectivity index (χ1v) is 23.8. The third-order valence-corrected chi connectivity index (χ3v) is 14.1. The zero-order chi connectivity index (χ0) is 47.6. The van der Waals surface area contributed by atoms with Gasteiger partial charge in [0.1, 0.15) is 18.1 Å². The molecule has 2 fully saturated rings. The molecule has 0 aliphatic carbocycles. The summed E-state index contributed by atoms with van der Waals surface area (Å²) >= 11 is 1.40. The standard InChI is InChI=1S/C49H65N9O7S/c1-11-42(59)54(8)32-21-30(5)57(25-32)48(63)55(9)43(29(3)4)45(60)52-37-23-41-51-39(27-66-41)31-17-18-40-34(22-31)35(44(56(40)12-2)33-15-13-19-50-38(33)26-64-10)24-49(6,7)28-65-47(62)36-16-14-20-58(53-36)46(37)61/h11,13,15,17-19,22,27,29-30,32,36-37,43,53H,1,12,14,16,20-21,23-26,28H2,2-10H3,(H,52,60)/t30-,32-,36+,37+,43?/m1/s1. The Morgan fingerprint density at radius 1 is 1.18 bits per heavy atom. The first-order chi connectivity index (χ1) is 31.5. The van der Waals surface area contributed by atoms with Gasteiger partial charge in [-0.25, -0.2) is 15.2 Å². The molecular weight excluding hydrogens is 859 g/mol. The molecular formula is C49H65N9O7S. The summed E-state index contributed by atoms with van der Waals surface area (Å²) in [5.74, 6) is -1.94. The van der Waals surface area contributed by atoms with Crippen molar-refractivity contribution in [1.82, 2.24) is 45.0 Å². The number of hydrazine groups is 1. The molecule has 5 atom stereocenters. The van der Waals surface area contributed by atoms with Crippen molar-refractivity contribution < 1.29 is 33.4 Å². The Kier molecular flexibility index (Phi) is 14.7. The number of carbonyl (C=O) groups is 5. The number of fused-ring (bicyclic) bond motifs is 6. The number of methoxy groups -OCH3 is 1. The highest BCUT2D eigenvalue weighted by atomic mass is 32.1. The van der Waals surface area contributed by atoms with Gasteiger partial charge in [0.2, 0.25) is 11.8 Å². The number of aromatic nitrogens is 3. The number of hydrogen-bond donors (Lipinski definition) is 2. The number of ether oxygens (including phenoxy) is 2. The SMILES string of the molecule is C=CC(=O)N(C)[C@@H]1C[C@@H](C)N(C(=O)N(C)C(C(=O)N[C@H]2Cc3nc(cs3)-c3ccc4c(c3)c(c(-c3cccnc3COC)n4CC)CC(C)(C)COC(=O)[C@@H]3CCCN(N3)C2=O)C(C)C)C1. The number of pyridine rings is 1. The van der Waals surface area contributed by atoms with E-state index in [9.17, 15) is 24.0 Å². The van der Waals surface area contributed by atoms with E-state index in [4.69, 9.17) is 19.4 Å². The number of cyclic esters (lactones) is 1. The fourth-order valence-electron chi connectivity index (χ4n) is 9.79. The Balaban J connectivity index is 1.25. The quantitative estimate of drug-likeness (QED) is 0.146. The van der Waals surface area contributed by atoms with Crippen LogP contribution in [0.2, 0.25) is 0 Å². The van der Waals surface area contributed by atoms with Crippen LogP contribution in [-0.2, 0) is 54.6 Å². The van der Waals surface area contributed by atoms with Crippen molar-refractivity contribution >= 4 is 52.0 Å².